The van der Waals surface area contributed by atoms with Crippen molar-refractivity contribution in [3.63, 3.8) is 0 Å². The van der Waals surface area contributed by atoms with Crippen LogP contribution in [0.1, 0.15) is 37.8 Å². The summed E-state index contributed by atoms with van der Waals surface area (Å²) in [5.41, 5.74) is 22.6. The van der Waals surface area contributed by atoms with Crippen LogP contribution in [-0.4, -0.2) is 87.7 Å². The highest BCUT2D eigenvalue weighted by Crippen LogP contribution is 2.06. The van der Waals surface area contributed by atoms with Gasteiger partial charge < -0.3 is 49.0 Å². The molecule has 15 nitrogen and oxygen atoms in total. The molecule has 13 N–H and O–H groups in total. The molecule has 0 aliphatic carbocycles. The zero-order chi connectivity index (χ0) is 27.8. The molecule has 0 aromatic carbocycles. The quantitative estimate of drug-likeness (QED) is 0.0387. The molecule has 0 fully saturated rings. The zero-order valence-corrected chi connectivity index (χ0v) is 21.5. The van der Waals surface area contributed by atoms with E-state index in [1.54, 1.807) is 0 Å². The number of carbonyl (C=O) groups is 4. The minimum absolute atomic E-state index is 0.0102. The van der Waals surface area contributed by atoms with Crippen LogP contribution in [0.15, 0.2) is 17.5 Å². The molecule has 16 heteroatoms. The Morgan fingerprint density at radius 3 is 2.22 bits per heavy atom. The molecule has 1 aromatic heterocycles. The zero-order valence-electron chi connectivity index (χ0n) is 20.6. The summed E-state index contributed by atoms with van der Waals surface area (Å²) in [6.45, 7) is 0.685. The minimum atomic E-state index is -1.27. The van der Waals surface area contributed by atoms with Crippen molar-refractivity contribution in [2.45, 2.75) is 62.7 Å². The van der Waals surface area contributed by atoms with Crippen molar-refractivity contribution >= 4 is 42.3 Å². The highest BCUT2D eigenvalue weighted by atomic mass is 32.1. The Morgan fingerprint density at radius 1 is 1.00 bits per heavy atom. The normalized spacial score (nSPS) is 14.0. The van der Waals surface area contributed by atoms with Crippen LogP contribution >= 0.6 is 12.6 Å². The SMILES string of the molecule is NCCCCC(N)C(=O)NC(CCCN=C(N)N)C(=O)NC(Cc1cnc[nH]1)C(=O)NC(CS)C(=O)O. The van der Waals surface area contributed by atoms with Crippen molar-refractivity contribution in [1.29, 1.82) is 0 Å². The van der Waals surface area contributed by atoms with Gasteiger partial charge in [-0.3, -0.25) is 19.4 Å². The Bertz CT molecular complexity index is 894. The van der Waals surface area contributed by atoms with Crippen molar-refractivity contribution in [3.05, 3.63) is 18.2 Å². The van der Waals surface area contributed by atoms with Gasteiger partial charge in [0.2, 0.25) is 17.7 Å². The number of nitrogens with zero attached hydrogens (tertiary/aromatic N) is 2. The molecule has 1 aromatic rings. The lowest BCUT2D eigenvalue weighted by molar-refractivity contribution is -0.141. The van der Waals surface area contributed by atoms with E-state index in [9.17, 15) is 24.3 Å². The first-order valence-corrected chi connectivity index (χ1v) is 12.4. The van der Waals surface area contributed by atoms with Gasteiger partial charge in [-0.2, -0.15) is 12.6 Å². The number of aliphatic imine (C=N–C) groups is 1. The number of carbonyl (C=O) groups excluding carboxylic acids is 3. The first-order chi connectivity index (χ1) is 17.6. The summed E-state index contributed by atoms with van der Waals surface area (Å²) in [6, 6.07) is -4.35. The van der Waals surface area contributed by atoms with Crippen LogP contribution in [0.5, 0.6) is 0 Å². The molecule has 1 heterocycles. The van der Waals surface area contributed by atoms with E-state index >= 15 is 0 Å². The van der Waals surface area contributed by atoms with Crippen molar-refractivity contribution in [2.24, 2.45) is 27.9 Å². The van der Waals surface area contributed by atoms with E-state index in [4.69, 9.17) is 22.9 Å². The second-order valence-electron chi connectivity index (χ2n) is 8.33. The summed E-state index contributed by atoms with van der Waals surface area (Å²) < 4.78 is 0. The van der Waals surface area contributed by atoms with Crippen molar-refractivity contribution < 1.29 is 24.3 Å². The van der Waals surface area contributed by atoms with Crippen LogP contribution in [0.25, 0.3) is 0 Å². The minimum Gasteiger partial charge on any atom is -0.480 e. The lowest BCUT2D eigenvalue weighted by Gasteiger charge is -2.25. The molecule has 0 spiro atoms. The summed E-state index contributed by atoms with van der Waals surface area (Å²) in [7, 11) is 0. The fraction of sp³-hybridized carbons (Fsp3) is 0.619. The first-order valence-electron chi connectivity index (χ1n) is 11.8. The van der Waals surface area contributed by atoms with Crippen LogP contribution in [0.4, 0.5) is 0 Å². The van der Waals surface area contributed by atoms with Crippen LogP contribution in [0.3, 0.4) is 0 Å². The van der Waals surface area contributed by atoms with E-state index in [1.165, 1.54) is 12.5 Å². The average molecular weight is 543 g/mol. The molecule has 4 unspecified atom stereocenters. The maximum Gasteiger partial charge on any atom is 0.327 e. The van der Waals surface area contributed by atoms with Gasteiger partial charge in [-0.1, -0.05) is 6.42 Å². The number of rotatable bonds is 18. The second-order valence-corrected chi connectivity index (χ2v) is 8.69. The average Bonchev–Trinajstić information content (AvgIpc) is 3.36. The van der Waals surface area contributed by atoms with Crippen molar-refractivity contribution in [1.82, 2.24) is 25.9 Å². The van der Waals surface area contributed by atoms with Crippen LogP contribution < -0.4 is 38.9 Å². The number of aliphatic carboxylic acids is 1. The molecule has 37 heavy (non-hydrogen) atoms. The summed E-state index contributed by atoms with van der Waals surface area (Å²) in [4.78, 5) is 60.7. The summed E-state index contributed by atoms with van der Waals surface area (Å²) in [6.07, 6.45) is 5.09. The molecule has 4 atom stereocenters. The topological polar surface area (TPSA) is 270 Å². The number of thiol groups is 1. The Hall–Kier alpha value is -3.37. The largest absolute Gasteiger partial charge is 0.480 e. The molecule has 0 saturated heterocycles. The maximum atomic E-state index is 13.2. The number of carboxylic acid groups (broad SMARTS) is 1. The molecule has 0 bridgehead atoms. The van der Waals surface area contributed by atoms with Crippen LogP contribution in [-0.2, 0) is 25.6 Å². The van der Waals surface area contributed by atoms with Gasteiger partial charge in [-0.15, -0.1) is 0 Å². The van der Waals surface area contributed by atoms with Gasteiger partial charge in [0.05, 0.1) is 12.4 Å². The number of unbranched alkanes of at least 4 members (excludes halogenated alkanes) is 1. The van der Waals surface area contributed by atoms with E-state index in [0.29, 0.717) is 37.9 Å². The Kier molecular flexibility index (Phi) is 14.7. The van der Waals surface area contributed by atoms with Gasteiger partial charge in [-0.25, -0.2) is 9.78 Å². The molecular weight excluding hydrogens is 504 g/mol. The van der Waals surface area contributed by atoms with E-state index in [0.717, 1.165) is 0 Å². The number of H-pyrrole nitrogens is 1. The molecule has 1 rings (SSSR count). The van der Waals surface area contributed by atoms with Gasteiger partial charge in [0.15, 0.2) is 5.96 Å². The third kappa shape index (κ3) is 12.4. The molecule has 3 amide bonds. The van der Waals surface area contributed by atoms with E-state index in [2.05, 4.69) is 43.5 Å². The van der Waals surface area contributed by atoms with E-state index in [-0.39, 0.29) is 31.1 Å². The van der Waals surface area contributed by atoms with Crippen LogP contribution in [0, 0.1) is 0 Å². The van der Waals surface area contributed by atoms with Gasteiger partial charge >= 0.3 is 5.97 Å². The lowest BCUT2D eigenvalue weighted by Crippen LogP contribution is -2.57. The fourth-order valence-corrected chi connectivity index (χ4v) is 3.49. The summed E-state index contributed by atoms with van der Waals surface area (Å²) in [5, 5.41) is 16.8. The first kappa shape index (κ1) is 31.7. The molecule has 0 aliphatic rings. The Labute approximate surface area is 220 Å². The summed E-state index contributed by atoms with van der Waals surface area (Å²) in [5.74, 6) is -3.48. The van der Waals surface area contributed by atoms with E-state index in [1.807, 2.05) is 0 Å². The molecule has 0 radical (unpaired) electrons. The molecule has 0 aliphatic heterocycles. The highest BCUT2D eigenvalue weighted by Gasteiger charge is 2.30. The number of guanidine groups is 1. The highest BCUT2D eigenvalue weighted by molar-refractivity contribution is 7.80. The maximum absolute atomic E-state index is 13.2. The number of aromatic nitrogens is 2. The van der Waals surface area contributed by atoms with E-state index < -0.39 is 47.9 Å². The van der Waals surface area contributed by atoms with Gasteiger partial charge in [0, 0.05) is 30.6 Å². The van der Waals surface area contributed by atoms with Gasteiger partial charge in [0.25, 0.3) is 0 Å². The number of nitrogens with two attached hydrogens (primary N) is 4. The standard InChI is InChI=1S/C21H38N10O5S/c22-6-2-1-4-13(23)17(32)29-14(5-3-7-27-21(24)25)18(33)30-15(8-12-9-26-11-28-12)19(34)31-16(10-37)20(35)36/h9,11,13-16,37H,1-8,10,22-23H2,(H,26,28)(H,29,32)(H,30,33)(H,31,34)(H,35,36)(H4,24,25,27). The third-order valence-corrected chi connectivity index (χ3v) is 5.66. The monoisotopic (exact) mass is 542 g/mol. The molecule has 208 valence electrons. The van der Waals surface area contributed by atoms with Gasteiger partial charge in [-0.05, 0) is 32.2 Å². The van der Waals surface area contributed by atoms with Crippen LogP contribution in [0.2, 0.25) is 0 Å². The number of nitrogens with one attached hydrogen (secondary N) is 4. The number of imidazole rings is 1. The number of carboxylic acids is 1. The third-order valence-electron chi connectivity index (χ3n) is 5.29. The second kappa shape index (κ2) is 17.1. The van der Waals surface area contributed by atoms with Crippen molar-refractivity contribution in [3.8, 4) is 0 Å². The Balaban J connectivity index is 3.02. The smallest absolute Gasteiger partial charge is 0.327 e. The van der Waals surface area contributed by atoms with Crippen molar-refractivity contribution in [2.75, 3.05) is 18.8 Å². The lowest BCUT2D eigenvalue weighted by atomic mass is 10.1. The number of hydrogen-bond donors (Lipinski definition) is 10. The Morgan fingerprint density at radius 2 is 1.65 bits per heavy atom. The van der Waals surface area contributed by atoms with Gasteiger partial charge in [0.1, 0.15) is 18.1 Å². The predicted molar refractivity (Wildman–Crippen MR) is 140 cm³/mol. The number of amides is 3. The number of hydrogen-bond acceptors (Lipinski definition) is 9. The molecular formula is C21H38N10O5S. The predicted octanol–water partition coefficient (Wildman–Crippen LogP) is -3.07. The molecule has 0 saturated carbocycles. The summed E-state index contributed by atoms with van der Waals surface area (Å²) >= 11 is 3.94. The number of aromatic amines is 1. The fourth-order valence-electron chi connectivity index (χ4n) is 3.25.